The average molecular weight is 573 g/mol. The van der Waals surface area contributed by atoms with Gasteiger partial charge in [-0.15, -0.1) is 0 Å². The SMILES string of the molecule is CCOC1COCC1OC(=O)c1ccc(C2CCCCC2)cc1.O=C(O)c1ccc(C2CC[CH-]CC2)cc1.[V]. The van der Waals surface area contributed by atoms with Gasteiger partial charge >= 0.3 is 11.9 Å². The van der Waals surface area contributed by atoms with Crippen molar-refractivity contribution in [1.29, 1.82) is 0 Å². The van der Waals surface area contributed by atoms with E-state index < -0.39 is 5.97 Å². The van der Waals surface area contributed by atoms with Crippen LogP contribution in [0.25, 0.3) is 0 Å². The molecule has 2 aliphatic carbocycles. The number of esters is 1. The molecule has 2 aromatic carbocycles. The van der Waals surface area contributed by atoms with Gasteiger partial charge in [0.25, 0.3) is 0 Å². The Bertz CT molecular complexity index is 1010. The number of hydrogen-bond donors (Lipinski definition) is 1. The summed E-state index contributed by atoms with van der Waals surface area (Å²) in [5.41, 5.74) is 3.61. The molecule has 3 fully saturated rings. The average Bonchev–Trinajstić information content (AvgIpc) is 3.41. The molecule has 1 heterocycles. The van der Waals surface area contributed by atoms with Crippen molar-refractivity contribution in [3.8, 4) is 0 Å². The van der Waals surface area contributed by atoms with Crippen LogP contribution in [0.3, 0.4) is 0 Å². The van der Waals surface area contributed by atoms with Crippen molar-refractivity contribution in [2.75, 3.05) is 19.8 Å². The summed E-state index contributed by atoms with van der Waals surface area (Å²) in [6.07, 6.45) is 13.2. The first-order chi connectivity index (χ1) is 18.5. The van der Waals surface area contributed by atoms with E-state index in [0.717, 1.165) is 0 Å². The third-order valence-corrected chi connectivity index (χ3v) is 7.91. The quantitative estimate of drug-likeness (QED) is 0.286. The third kappa shape index (κ3) is 9.21. The second-order valence-electron chi connectivity index (χ2n) is 10.5. The predicted octanol–water partition coefficient (Wildman–Crippen LogP) is 6.94. The zero-order valence-electron chi connectivity index (χ0n) is 22.9. The normalized spacial score (nSPS) is 21.8. The Labute approximate surface area is 244 Å². The van der Waals surface area contributed by atoms with Crippen LogP contribution in [0.1, 0.15) is 108 Å². The number of benzene rings is 2. The van der Waals surface area contributed by atoms with E-state index in [1.165, 1.54) is 68.9 Å². The van der Waals surface area contributed by atoms with Gasteiger partial charge in [0.2, 0.25) is 0 Å². The molecule has 0 bridgehead atoms. The second kappa shape index (κ2) is 16.2. The fraction of sp³-hybridized carbons (Fsp3) is 0.531. The van der Waals surface area contributed by atoms with Gasteiger partial charge in [-0.3, -0.25) is 0 Å². The maximum atomic E-state index is 12.3. The van der Waals surface area contributed by atoms with Crippen LogP contribution < -0.4 is 0 Å². The Morgan fingerprint density at radius 2 is 1.36 bits per heavy atom. The van der Waals surface area contributed by atoms with Crippen molar-refractivity contribution in [3.63, 3.8) is 0 Å². The number of aromatic carboxylic acids is 1. The summed E-state index contributed by atoms with van der Waals surface area (Å²) in [6.45, 7) is 3.43. The van der Waals surface area contributed by atoms with Crippen LogP contribution in [0, 0.1) is 6.42 Å². The number of ether oxygens (including phenoxy) is 3. The van der Waals surface area contributed by atoms with E-state index in [-0.39, 0.29) is 36.7 Å². The molecule has 7 heteroatoms. The first-order valence-electron chi connectivity index (χ1n) is 14.2. The largest absolute Gasteiger partial charge is 0.478 e. The number of carbonyl (C=O) groups excluding carboxylic acids is 1. The number of carbonyl (C=O) groups is 2. The van der Waals surface area contributed by atoms with Gasteiger partial charge in [0, 0.05) is 25.2 Å². The molecular weight excluding hydrogens is 531 g/mol. The van der Waals surface area contributed by atoms with E-state index in [1.54, 1.807) is 12.1 Å². The maximum Gasteiger partial charge on any atom is 0.338 e. The van der Waals surface area contributed by atoms with Gasteiger partial charge in [-0.1, -0.05) is 56.4 Å². The Morgan fingerprint density at radius 3 is 1.92 bits per heavy atom. The molecule has 6 nitrogen and oxygen atoms in total. The Kier molecular flexibility index (Phi) is 13.1. The van der Waals surface area contributed by atoms with Gasteiger partial charge in [0.15, 0.2) is 6.10 Å². The Hall–Kier alpha value is -2.12. The minimum atomic E-state index is -0.849. The third-order valence-electron chi connectivity index (χ3n) is 7.91. The number of carboxylic acid groups (broad SMARTS) is 1. The molecular formula is C32H41O6V-. The van der Waals surface area contributed by atoms with Crippen LogP contribution in [-0.4, -0.2) is 49.1 Å². The van der Waals surface area contributed by atoms with Gasteiger partial charge in [-0.2, -0.15) is 12.8 Å². The minimum absolute atomic E-state index is 0. The van der Waals surface area contributed by atoms with E-state index >= 15 is 0 Å². The molecule has 3 aliphatic rings. The molecule has 5 rings (SSSR count). The monoisotopic (exact) mass is 572 g/mol. The van der Waals surface area contributed by atoms with Crippen molar-refractivity contribution in [1.82, 2.24) is 0 Å². The molecule has 1 N–H and O–H groups in total. The van der Waals surface area contributed by atoms with Crippen LogP contribution in [0.15, 0.2) is 48.5 Å². The van der Waals surface area contributed by atoms with E-state index in [9.17, 15) is 9.59 Å². The van der Waals surface area contributed by atoms with Crippen LogP contribution in [-0.2, 0) is 32.8 Å². The minimum Gasteiger partial charge on any atom is -0.478 e. The van der Waals surface area contributed by atoms with Crippen LogP contribution in [0.2, 0.25) is 0 Å². The zero-order chi connectivity index (χ0) is 26.7. The molecule has 1 saturated heterocycles. The van der Waals surface area contributed by atoms with Crippen molar-refractivity contribution >= 4 is 11.9 Å². The summed E-state index contributed by atoms with van der Waals surface area (Å²) >= 11 is 0. The molecule has 2 unspecified atom stereocenters. The summed E-state index contributed by atoms with van der Waals surface area (Å²) in [4.78, 5) is 23.0. The topological polar surface area (TPSA) is 82.1 Å². The molecule has 211 valence electrons. The van der Waals surface area contributed by atoms with Crippen molar-refractivity contribution in [3.05, 3.63) is 77.2 Å². The van der Waals surface area contributed by atoms with Crippen LogP contribution in [0.4, 0.5) is 0 Å². The molecule has 1 radical (unpaired) electrons. The van der Waals surface area contributed by atoms with Gasteiger partial charge in [0.1, 0.15) is 6.10 Å². The Morgan fingerprint density at radius 1 is 0.821 bits per heavy atom. The van der Waals surface area contributed by atoms with E-state index in [4.69, 9.17) is 19.3 Å². The maximum absolute atomic E-state index is 12.3. The first kappa shape index (κ1) is 31.4. The molecule has 1 aliphatic heterocycles. The fourth-order valence-corrected chi connectivity index (χ4v) is 5.69. The summed E-state index contributed by atoms with van der Waals surface area (Å²) in [5, 5.41) is 8.78. The van der Waals surface area contributed by atoms with Gasteiger partial charge in [-0.25, -0.2) is 9.59 Å². The number of carboxylic acids is 1. The van der Waals surface area contributed by atoms with Crippen LogP contribution in [0.5, 0.6) is 0 Å². The van der Waals surface area contributed by atoms with Crippen LogP contribution >= 0.6 is 0 Å². The smallest absolute Gasteiger partial charge is 0.338 e. The Balaban J connectivity index is 0.000000228. The summed E-state index contributed by atoms with van der Waals surface area (Å²) < 4.78 is 16.5. The van der Waals surface area contributed by atoms with Crippen molar-refractivity contribution in [2.45, 2.75) is 88.8 Å². The van der Waals surface area contributed by atoms with Gasteiger partial charge in [-0.05, 0) is 67.0 Å². The first-order valence-corrected chi connectivity index (χ1v) is 14.2. The van der Waals surface area contributed by atoms with Crippen molar-refractivity contribution in [2.24, 2.45) is 0 Å². The molecule has 2 aromatic rings. The zero-order valence-corrected chi connectivity index (χ0v) is 24.3. The molecule has 0 spiro atoms. The van der Waals surface area contributed by atoms with E-state index in [0.29, 0.717) is 42.8 Å². The molecule has 0 aromatic heterocycles. The predicted molar refractivity (Wildman–Crippen MR) is 147 cm³/mol. The van der Waals surface area contributed by atoms with Gasteiger partial charge < -0.3 is 25.7 Å². The second-order valence-corrected chi connectivity index (χ2v) is 10.5. The number of hydrogen-bond acceptors (Lipinski definition) is 5. The standard InChI is InChI=1S/C19H26O4.C13H15O2.V/c1-2-22-17-12-21-13-18(17)23-19(20)16-10-8-15(9-11-16)14-6-4-3-5-7-14;14-13(15)12-8-6-11(7-9-12)10-4-2-1-3-5-10;/h8-11,14,17-18H,2-7,12-13H2,1H3;1,6-10H,2-5H2,(H,14,15);/q;-1;. The molecule has 2 saturated carbocycles. The van der Waals surface area contributed by atoms with Crippen molar-refractivity contribution < 1.29 is 47.5 Å². The number of rotatable bonds is 7. The van der Waals surface area contributed by atoms with Gasteiger partial charge in [0.05, 0.1) is 24.3 Å². The summed E-state index contributed by atoms with van der Waals surface area (Å²) in [7, 11) is 0. The summed E-state index contributed by atoms with van der Waals surface area (Å²) in [5.74, 6) is 0.135. The summed E-state index contributed by atoms with van der Waals surface area (Å²) in [6, 6.07) is 15.3. The molecule has 39 heavy (non-hydrogen) atoms. The fourth-order valence-electron chi connectivity index (χ4n) is 5.69. The van der Waals surface area contributed by atoms with E-state index in [1.807, 2.05) is 31.2 Å². The van der Waals surface area contributed by atoms with E-state index in [2.05, 4.69) is 18.6 Å². The molecule has 0 amide bonds. The molecule has 2 atom stereocenters.